The summed E-state index contributed by atoms with van der Waals surface area (Å²) in [6.45, 7) is 7.50. The lowest BCUT2D eigenvalue weighted by molar-refractivity contribution is 0.0507. The molecular weight excluding hydrogens is 540 g/mol. The molecule has 2 heterocycles. The van der Waals surface area contributed by atoms with E-state index < -0.39 is 11.7 Å². The largest absolute Gasteiger partial charge is 0.444 e. The number of nitrogens with one attached hydrogen (secondary N) is 2. The van der Waals surface area contributed by atoms with Crippen LogP contribution in [-0.4, -0.2) is 53.7 Å². The second-order valence-corrected chi connectivity index (χ2v) is 8.54. The molecule has 180 valence electrons. The molecule has 1 unspecified atom stereocenters. The van der Waals surface area contributed by atoms with Crippen LogP contribution in [0.1, 0.15) is 32.8 Å². The molecule has 1 aliphatic rings. The highest BCUT2D eigenvalue weighted by Gasteiger charge is 2.27. The van der Waals surface area contributed by atoms with Gasteiger partial charge in [0.15, 0.2) is 5.96 Å². The van der Waals surface area contributed by atoms with Crippen molar-refractivity contribution in [1.82, 2.24) is 20.5 Å². The van der Waals surface area contributed by atoms with Gasteiger partial charge in [-0.05, 0) is 57.0 Å². The molecule has 8 nitrogen and oxygen atoms in total. The van der Waals surface area contributed by atoms with Crippen LogP contribution in [-0.2, 0) is 11.3 Å². The van der Waals surface area contributed by atoms with Crippen LogP contribution in [0.3, 0.4) is 0 Å². The third-order valence-corrected chi connectivity index (χ3v) is 4.70. The summed E-state index contributed by atoms with van der Waals surface area (Å²) in [7, 11) is 1.73. The summed E-state index contributed by atoms with van der Waals surface area (Å²) in [5.41, 5.74) is 0.438. The van der Waals surface area contributed by atoms with Crippen LogP contribution in [0.15, 0.2) is 47.6 Å². The number of hydrogen-bond donors (Lipinski definition) is 2. The van der Waals surface area contributed by atoms with Gasteiger partial charge in [-0.3, -0.25) is 4.99 Å². The predicted molar refractivity (Wildman–Crippen MR) is 136 cm³/mol. The summed E-state index contributed by atoms with van der Waals surface area (Å²) in [6, 6.07) is 9.46. The highest BCUT2D eigenvalue weighted by molar-refractivity contribution is 14.0. The van der Waals surface area contributed by atoms with Crippen LogP contribution in [0, 0.1) is 5.82 Å². The van der Waals surface area contributed by atoms with Gasteiger partial charge in [-0.1, -0.05) is 6.07 Å². The van der Waals surface area contributed by atoms with Crippen molar-refractivity contribution in [3.63, 3.8) is 0 Å². The molecule has 0 radical (unpaired) electrons. The van der Waals surface area contributed by atoms with Crippen LogP contribution in [0.25, 0.3) is 0 Å². The zero-order valence-electron chi connectivity index (χ0n) is 19.3. The van der Waals surface area contributed by atoms with Crippen LogP contribution in [0.4, 0.5) is 9.18 Å². The molecule has 0 aliphatic carbocycles. The van der Waals surface area contributed by atoms with Gasteiger partial charge in [-0.15, -0.1) is 24.0 Å². The summed E-state index contributed by atoms with van der Waals surface area (Å²) < 4.78 is 23.9. The second-order valence-electron chi connectivity index (χ2n) is 8.54. The Morgan fingerprint density at radius 2 is 1.97 bits per heavy atom. The molecule has 2 N–H and O–H groups in total. The van der Waals surface area contributed by atoms with Gasteiger partial charge in [0.25, 0.3) is 0 Å². The topological polar surface area (TPSA) is 88.1 Å². The Bertz CT molecular complexity index is 933. The molecule has 0 saturated carbocycles. The molecule has 33 heavy (non-hydrogen) atoms. The standard InChI is InChI=1S/C23H30FN5O3.HI/c1-23(2,3)32-22(30)28-18-11-12-29(15-18)21(25-4)27-14-16-5-10-20(26-13-16)31-19-8-6-17(24)7-9-19;/h5-10,13,18H,11-12,14-15H2,1-4H3,(H,25,27)(H,28,30);1H. The zero-order valence-corrected chi connectivity index (χ0v) is 21.6. The number of rotatable bonds is 5. The number of ether oxygens (including phenoxy) is 2. The van der Waals surface area contributed by atoms with E-state index in [1.807, 2.05) is 26.8 Å². The molecule has 1 aromatic heterocycles. The van der Waals surface area contributed by atoms with Crippen molar-refractivity contribution < 1.29 is 18.7 Å². The highest BCUT2D eigenvalue weighted by Crippen LogP contribution is 2.19. The number of nitrogens with zero attached hydrogens (tertiary/aromatic N) is 3. The molecular formula is C23H31FIN5O3. The molecule has 0 bridgehead atoms. The van der Waals surface area contributed by atoms with Gasteiger partial charge in [0.05, 0.1) is 6.04 Å². The normalized spacial score (nSPS) is 16.1. The smallest absolute Gasteiger partial charge is 0.407 e. The molecule has 10 heteroatoms. The summed E-state index contributed by atoms with van der Waals surface area (Å²) in [5, 5.41) is 6.24. The molecule has 1 fully saturated rings. The van der Waals surface area contributed by atoms with Crippen molar-refractivity contribution in [3.05, 3.63) is 54.0 Å². The van der Waals surface area contributed by atoms with E-state index in [4.69, 9.17) is 9.47 Å². The number of aromatic nitrogens is 1. The van der Waals surface area contributed by atoms with Crippen molar-refractivity contribution in [2.24, 2.45) is 4.99 Å². The Morgan fingerprint density at radius 3 is 2.58 bits per heavy atom. The Labute approximate surface area is 211 Å². The number of likely N-dealkylation sites (tertiary alicyclic amines) is 1. The lowest BCUT2D eigenvalue weighted by Crippen LogP contribution is -2.44. The van der Waals surface area contributed by atoms with Crippen molar-refractivity contribution in [2.45, 2.75) is 45.4 Å². The summed E-state index contributed by atoms with van der Waals surface area (Å²) in [4.78, 5) is 22.7. The molecule has 1 atom stereocenters. The first-order valence-electron chi connectivity index (χ1n) is 10.6. The van der Waals surface area contributed by atoms with E-state index in [-0.39, 0.29) is 35.8 Å². The van der Waals surface area contributed by atoms with Gasteiger partial charge in [0.1, 0.15) is 17.2 Å². The monoisotopic (exact) mass is 571 g/mol. The van der Waals surface area contributed by atoms with Crippen molar-refractivity contribution >= 4 is 36.0 Å². The summed E-state index contributed by atoms with van der Waals surface area (Å²) >= 11 is 0. The van der Waals surface area contributed by atoms with E-state index in [2.05, 4.69) is 25.5 Å². The van der Waals surface area contributed by atoms with Gasteiger partial charge >= 0.3 is 6.09 Å². The number of carbonyl (C=O) groups is 1. The molecule has 2 aromatic rings. The van der Waals surface area contributed by atoms with E-state index >= 15 is 0 Å². The fourth-order valence-corrected chi connectivity index (χ4v) is 3.26. The molecule has 0 spiro atoms. The third kappa shape index (κ3) is 8.67. The number of hydrogen-bond acceptors (Lipinski definition) is 5. The van der Waals surface area contributed by atoms with Gasteiger partial charge in [-0.2, -0.15) is 0 Å². The SMILES string of the molecule is CN=C(NCc1ccc(Oc2ccc(F)cc2)nc1)N1CCC(NC(=O)OC(C)(C)C)C1.I. The van der Waals surface area contributed by atoms with Crippen molar-refractivity contribution in [1.29, 1.82) is 0 Å². The van der Waals surface area contributed by atoms with E-state index in [1.54, 1.807) is 31.4 Å². The van der Waals surface area contributed by atoms with E-state index in [0.29, 0.717) is 24.7 Å². The number of aliphatic imine (C=N–C) groups is 1. The highest BCUT2D eigenvalue weighted by atomic mass is 127. The summed E-state index contributed by atoms with van der Waals surface area (Å²) in [6.07, 6.45) is 2.13. The van der Waals surface area contributed by atoms with Crippen LogP contribution < -0.4 is 15.4 Å². The van der Waals surface area contributed by atoms with Crippen LogP contribution in [0.2, 0.25) is 0 Å². The maximum atomic E-state index is 13.0. The van der Waals surface area contributed by atoms with E-state index in [9.17, 15) is 9.18 Å². The Morgan fingerprint density at radius 1 is 1.24 bits per heavy atom. The average Bonchev–Trinajstić information content (AvgIpc) is 3.18. The Hall–Kier alpha value is -2.63. The minimum Gasteiger partial charge on any atom is -0.444 e. The lowest BCUT2D eigenvalue weighted by atomic mass is 10.2. The van der Waals surface area contributed by atoms with E-state index in [1.165, 1.54) is 12.1 Å². The number of carbonyl (C=O) groups excluding carboxylic acids is 1. The number of halogens is 2. The van der Waals surface area contributed by atoms with Crippen molar-refractivity contribution in [2.75, 3.05) is 20.1 Å². The minimum atomic E-state index is -0.520. The van der Waals surface area contributed by atoms with Crippen molar-refractivity contribution in [3.8, 4) is 11.6 Å². The fourth-order valence-electron chi connectivity index (χ4n) is 3.26. The average molecular weight is 571 g/mol. The van der Waals surface area contributed by atoms with Crippen LogP contribution >= 0.6 is 24.0 Å². The lowest BCUT2D eigenvalue weighted by Gasteiger charge is -2.23. The number of guanidine groups is 1. The first kappa shape index (κ1) is 26.6. The Balaban J connectivity index is 0.00000385. The molecule has 1 amide bonds. The fraction of sp³-hybridized carbons (Fsp3) is 0.435. The minimum absolute atomic E-state index is 0. The van der Waals surface area contributed by atoms with Gasteiger partial charge in [0, 0.05) is 38.9 Å². The first-order valence-corrected chi connectivity index (χ1v) is 10.6. The third-order valence-electron chi connectivity index (χ3n) is 4.70. The maximum absolute atomic E-state index is 13.0. The summed E-state index contributed by atoms with van der Waals surface area (Å²) in [5.74, 6) is 1.39. The molecule has 3 rings (SSSR count). The first-order chi connectivity index (χ1) is 15.2. The zero-order chi connectivity index (χ0) is 23.1. The second kappa shape index (κ2) is 12.0. The van der Waals surface area contributed by atoms with Gasteiger partial charge < -0.3 is 25.0 Å². The number of amides is 1. The number of alkyl carbamates (subject to hydrolysis) is 1. The predicted octanol–water partition coefficient (Wildman–Crippen LogP) is 4.31. The Kier molecular flexibility index (Phi) is 9.69. The molecule has 1 aliphatic heterocycles. The number of pyridine rings is 1. The van der Waals surface area contributed by atoms with Gasteiger partial charge in [0.2, 0.25) is 5.88 Å². The molecule has 1 saturated heterocycles. The quantitative estimate of drug-likeness (QED) is 0.316. The van der Waals surface area contributed by atoms with E-state index in [0.717, 1.165) is 24.5 Å². The molecule has 1 aromatic carbocycles. The number of benzene rings is 1. The van der Waals surface area contributed by atoms with Gasteiger partial charge in [-0.25, -0.2) is 14.2 Å². The van der Waals surface area contributed by atoms with Crippen LogP contribution in [0.5, 0.6) is 11.6 Å². The maximum Gasteiger partial charge on any atom is 0.407 e.